The minimum absolute atomic E-state index is 0.478. The predicted molar refractivity (Wildman–Crippen MR) is 116 cm³/mol. The summed E-state index contributed by atoms with van der Waals surface area (Å²) in [5, 5.41) is 9.92. The summed E-state index contributed by atoms with van der Waals surface area (Å²) in [4.78, 5) is 0. The van der Waals surface area contributed by atoms with E-state index in [1.54, 1.807) is 0 Å². The van der Waals surface area contributed by atoms with E-state index in [2.05, 4.69) is 19.9 Å². The summed E-state index contributed by atoms with van der Waals surface area (Å²) in [7, 11) is 0. The van der Waals surface area contributed by atoms with Gasteiger partial charge in [-0.1, -0.05) is 115 Å². The Hall–Kier alpha value is -0.980. The zero-order valence-corrected chi connectivity index (χ0v) is 17.7. The van der Waals surface area contributed by atoms with Gasteiger partial charge < -0.3 is 5.11 Å². The Balaban J connectivity index is 1.81. The number of unbranched alkanes of at least 4 members (excludes halogenated alkanes) is 15. The molecule has 0 unspecified atom stereocenters. The summed E-state index contributed by atoms with van der Waals surface area (Å²) >= 11 is 0. The van der Waals surface area contributed by atoms with Gasteiger partial charge in [-0.15, -0.1) is 0 Å². The summed E-state index contributed by atoms with van der Waals surface area (Å²) in [5.41, 5.74) is 2.38. The van der Waals surface area contributed by atoms with Crippen LogP contribution in [0.4, 0.5) is 0 Å². The van der Waals surface area contributed by atoms with Gasteiger partial charge in [-0.2, -0.15) is 0 Å². The van der Waals surface area contributed by atoms with Crippen molar-refractivity contribution >= 4 is 0 Å². The Morgan fingerprint density at radius 3 is 1.46 bits per heavy atom. The molecule has 0 fully saturated rings. The van der Waals surface area contributed by atoms with Crippen LogP contribution in [0.2, 0.25) is 0 Å². The molecule has 1 N–H and O–H groups in total. The van der Waals surface area contributed by atoms with Gasteiger partial charge in [0.15, 0.2) is 0 Å². The van der Waals surface area contributed by atoms with Crippen LogP contribution in [0, 0.1) is 6.92 Å². The molecule has 1 heteroatoms. The smallest absolute Gasteiger partial charge is 0.119 e. The third kappa shape index (κ3) is 11.6. The minimum atomic E-state index is 0.478. The molecule has 1 aromatic rings. The summed E-state index contributed by atoms with van der Waals surface area (Å²) < 4.78 is 0. The number of phenols is 1. The third-order valence-corrected chi connectivity index (χ3v) is 5.67. The van der Waals surface area contributed by atoms with Gasteiger partial charge in [0.25, 0.3) is 0 Å². The standard InChI is InChI=1S/C25H44O/c1-3-4-5-6-7-8-9-10-11-12-13-14-15-16-17-18-21-24-23(2)20-19-22-25(24)26/h19-20,22,26H,3-18,21H2,1-2H3. The second-order valence-electron chi connectivity index (χ2n) is 8.13. The quantitative estimate of drug-likeness (QED) is 0.276. The average Bonchev–Trinajstić information content (AvgIpc) is 2.63. The maximum absolute atomic E-state index is 9.92. The lowest BCUT2D eigenvalue weighted by Gasteiger charge is -2.08. The molecule has 0 bridgehead atoms. The van der Waals surface area contributed by atoms with Crippen LogP contribution in [0.25, 0.3) is 0 Å². The number of aromatic hydroxyl groups is 1. The molecule has 0 heterocycles. The van der Waals surface area contributed by atoms with Crippen molar-refractivity contribution in [3.8, 4) is 5.75 Å². The maximum Gasteiger partial charge on any atom is 0.119 e. The van der Waals surface area contributed by atoms with Gasteiger partial charge in [0.1, 0.15) is 5.75 Å². The lowest BCUT2D eigenvalue weighted by Crippen LogP contribution is -1.91. The van der Waals surface area contributed by atoms with Gasteiger partial charge >= 0.3 is 0 Å². The first kappa shape index (κ1) is 23.1. The van der Waals surface area contributed by atoms with Gasteiger partial charge in [-0.25, -0.2) is 0 Å². The van der Waals surface area contributed by atoms with Crippen molar-refractivity contribution in [3.63, 3.8) is 0 Å². The van der Waals surface area contributed by atoms with E-state index < -0.39 is 0 Å². The molecule has 0 saturated carbocycles. The van der Waals surface area contributed by atoms with E-state index in [4.69, 9.17) is 0 Å². The van der Waals surface area contributed by atoms with Crippen LogP contribution < -0.4 is 0 Å². The molecule has 0 radical (unpaired) electrons. The van der Waals surface area contributed by atoms with E-state index in [1.807, 2.05) is 12.1 Å². The third-order valence-electron chi connectivity index (χ3n) is 5.67. The highest BCUT2D eigenvalue weighted by atomic mass is 16.3. The fourth-order valence-electron chi connectivity index (χ4n) is 3.86. The molecule has 0 amide bonds. The number of aryl methyl sites for hydroxylation is 1. The lowest BCUT2D eigenvalue weighted by molar-refractivity contribution is 0.465. The number of phenolic OH excluding ortho intramolecular Hbond substituents is 1. The van der Waals surface area contributed by atoms with Crippen molar-refractivity contribution in [1.82, 2.24) is 0 Å². The Labute approximate surface area is 163 Å². The van der Waals surface area contributed by atoms with Crippen LogP contribution in [0.1, 0.15) is 121 Å². The fraction of sp³-hybridized carbons (Fsp3) is 0.760. The molecule has 1 rings (SSSR count). The number of benzene rings is 1. The van der Waals surface area contributed by atoms with E-state index in [0.29, 0.717) is 5.75 Å². The molecule has 0 saturated heterocycles. The van der Waals surface area contributed by atoms with Gasteiger partial charge in [0.2, 0.25) is 0 Å². The van der Waals surface area contributed by atoms with E-state index in [1.165, 1.54) is 108 Å². The highest BCUT2D eigenvalue weighted by Gasteiger charge is 2.03. The lowest BCUT2D eigenvalue weighted by atomic mass is 10.00. The van der Waals surface area contributed by atoms with Crippen LogP contribution in [-0.4, -0.2) is 5.11 Å². The molecular formula is C25H44O. The largest absolute Gasteiger partial charge is 0.508 e. The van der Waals surface area contributed by atoms with Crippen molar-refractivity contribution in [2.75, 3.05) is 0 Å². The van der Waals surface area contributed by atoms with E-state index in [9.17, 15) is 5.11 Å². The topological polar surface area (TPSA) is 20.2 Å². The summed E-state index contributed by atoms with van der Waals surface area (Å²) in [5.74, 6) is 0.478. The Bertz CT molecular complexity index is 418. The van der Waals surface area contributed by atoms with Crippen LogP contribution in [0.3, 0.4) is 0 Å². The molecule has 0 spiro atoms. The van der Waals surface area contributed by atoms with Gasteiger partial charge in [0.05, 0.1) is 0 Å². The molecule has 0 aromatic heterocycles. The Kier molecular flexibility index (Phi) is 14.4. The van der Waals surface area contributed by atoms with Crippen molar-refractivity contribution in [2.24, 2.45) is 0 Å². The summed E-state index contributed by atoms with van der Waals surface area (Å²) in [6.45, 7) is 4.39. The minimum Gasteiger partial charge on any atom is -0.508 e. The van der Waals surface area contributed by atoms with Crippen molar-refractivity contribution in [3.05, 3.63) is 29.3 Å². The fourth-order valence-corrected chi connectivity index (χ4v) is 3.86. The second-order valence-corrected chi connectivity index (χ2v) is 8.13. The highest BCUT2D eigenvalue weighted by molar-refractivity contribution is 5.38. The Morgan fingerprint density at radius 1 is 0.615 bits per heavy atom. The van der Waals surface area contributed by atoms with Crippen molar-refractivity contribution < 1.29 is 5.11 Å². The first-order chi connectivity index (χ1) is 12.8. The van der Waals surface area contributed by atoms with Crippen LogP contribution in [0.15, 0.2) is 18.2 Å². The molecule has 1 aromatic carbocycles. The molecule has 0 aliphatic rings. The first-order valence-electron chi connectivity index (χ1n) is 11.5. The van der Waals surface area contributed by atoms with Crippen LogP contribution in [0.5, 0.6) is 5.75 Å². The molecular weight excluding hydrogens is 316 g/mol. The summed E-state index contributed by atoms with van der Waals surface area (Å²) in [6, 6.07) is 5.85. The average molecular weight is 361 g/mol. The summed E-state index contributed by atoms with van der Waals surface area (Å²) in [6.07, 6.45) is 23.5. The predicted octanol–water partition coefficient (Wildman–Crippen LogP) is 8.50. The molecule has 0 aliphatic carbocycles. The van der Waals surface area contributed by atoms with Crippen molar-refractivity contribution in [1.29, 1.82) is 0 Å². The maximum atomic E-state index is 9.92. The zero-order valence-electron chi connectivity index (χ0n) is 17.7. The molecule has 0 aliphatic heterocycles. The van der Waals surface area contributed by atoms with Gasteiger partial charge in [-0.05, 0) is 37.0 Å². The molecule has 26 heavy (non-hydrogen) atoms. The number of hydrogen-bond acceptors (Lipinski definition) is 1. The van der Waals surface area contributed by atoms with Gasteiger partial charge in [0, 0.05) is 0 Å². The molecule has 0 atom stereocenters. The van der Waals surface area contributed by atoms with E-state index >= 15 is 0 Å². The van der Waals surface area contributed by atoms with E-state index in [0.717, 1.165) is 12.0 Å². The van der Waals surface area contributed by atoms with E-state index in [-0.39, 0.29) is 0 Å². The molecule has 150 valence electrons. The highest BCUT2D eigenvalue weighted by Crippen LogP contribution is 2.23. The normalized spacial score (nSPS) is 11.2. The van der Waals surface area contributed by atoms with Crippen LogP contribution in [-0.2, 0) is 6.42 Å². The number of hydrogen-bond donors (Lipinski definition) is 1. The van der Waals surface area contributed by atoms with Crippen LogP contribution >= 0.6 is 0 Å². The van der Waals surface area contributed by atoms with Gasteiger partial charge in [-0.3, -0.25) is 0 Å². The SMILES string of the molecule is CCCCCCCCCCCCCCCCCCc1c(C)cccc1O. The zero-order chi connectivity index (χ0) is 18.9. The first-order valence-corrected chi connectivity index (χ1v) is 11.5. The number of rotatable bonds is 17. The Morgan fingerprint density at radius 2 is 1.04 bits per heavy atom. The van der Waals surface area contributed by atoms with Crippen molar-refractivity contribution in [2.45, 2.75) is 123 Å². The monoisotopic (exact) mass is 360 g/mol. The second kappa shape index (κ2) is 16.2. The molecule has 1 nitrogen and oxygen atoms in total.